The van der Waals surface area contributed by atoms with Crippen molar-refractivity contribution in [1.82, 2.24) is 5.32 Å². The molecule has 0 bridgehead atoms. The van der Waals surface area contributed by atoms with Crippen molar-refractivity contribution in [2.24, 2.45) is 5.92 Å². The lowest BCUT2D eigenvalue weighted by Gasteiger charge is -2.36. The molecule has 3 aromatic rings. The molecule has 0 aromatic heterocycles. The highest BCUT2D eigenvalue weighted by Gasteiger charge is 2.39. The molecule has 0 saturated heterocycles. The van der Waals surface area contributed by atoms with E-state index in [-0.39, 0.29) is 11.8 Å². The van der Waals surface area contributed by atoms with Crippen LogP contribution in [-0.4, -0.2) is 17.1 Å². The number of anilines is 1. The molecule has 2 atom stereocenters. The number of hydrogen-bond donors (Lipinski definition) is 1. The van der Waals surface area contributed by atoms with Gasteiger partial charge >= 0.3 is 0 Å². The molecule has 0 saturated carbocycles. The van der Waals surface area contributed by atoms with Gasteiger partial charge in [0.15, 0.2) is 0 Å². The van der Waals surface area contributed by atoms with Crippen LogP contribution in [0.5, 0.6) is 0 Å². The van der Waals surface area contributed by atoms with E-state index < -0.39 is 11.2 Å². The first-order valence-corrected chi connectivity index (χ1v) is 11.9. The van der Waals surface area contributed by atoms with Crippen molar-refractivity contribution in [3.05, 3.63) is 94.0 Å². The fraction of sp³-hybridized carbons (Fsp3) is 0.200. The van der Waals surface area contributed by atoms with E-state index in [1.807, 2.05) is 66.7 Å². The fourth-order valence-electron chi connectivity index (χ4n) is 3.64. The van der Waals surface area contributed by atoms with Crippen molar-refractivity contribution in [2.75, 3.05) is 4.90 Å². The van der Waals surface area contributed by atoms with Crippen LogP contribution >= 0.6 is 35.0 Å². The summed E-state index contributed by atoms with van der Waals surface area (Å²) in [6.45, 7) is 2.45. The van der Waals surface area contributed by atoms with Crippen LogP contribution in [0.4, 0.5) is 5.69 Å². The van der Waals surface area contributed by atoms with Gasteiger partial charge in [0.1, 0.15) is 5.25 Å². The predicted octanol–water partition coefficient (Wildman–Crippen LogP) is 5.95. The Morgan fingerprint density at radius 2 is 1.56 bits per heavy atom. The van der Waals surface area contributed by atoms with E-state index in [0.29, 0.717) is 23.1 Å². The molecule has 0 aliphatic carbocycles. The number of carbonyl (C=O) groups is 2. The monoisotopic (exact) mass is 484 g/mol. The lowest BCUT2D eigenvalue weighted by atomic mass is 10.0. The van der Waals surface area contributed by atoms with E-state index in [1.165, 1.54) is 11.8 Å². The maximum Gasteiger partial charge on any atom is 0.241 e. The maximum atomic E-state index is 13.5. The zero-order chi connectivity index (χ0) is 22.7. The molecule has 1 aliphatic rings. The summed E-state index contributed by atoms with van der Waals surface area (Å²) in [6.07, 6.45) is 0. The van der Waals surface area contributed by atoms with E-state index in [4.69, 9.17) is 23.2 Å². The third kappa shape index (κ3) is 4.80. The maximum absolute atomic E-state index is 13.5. The van der Waals surface area contributed by atoms with E-state index in [0.717, 1.165) is 21.7 Å². The number of nitrogens with zero attached hydrogens (tertiary/aromatic N) is 1. The number of rotatable bonds is 6. The topological polar surface area (TPSA) is 49.4 Å². The Balaban J connectivity index is 1.55. The number of nitrogens with one attached hydrogen (secondary N) is 1. The van der Waals surface area contributed by atoms with Gasteiger partial charge in [0.25, 0.3) is 0 Å². The van der Waals surface area contributed by atoms with E-state index in [9.17, 15) is 9.59 Å². The Kier molecular flexibility index (Phi) is 7.09. The lowest BCUT2D eigenvalue weighted by Crippen LogP contribution is -2.47. The van der Waals surface area contributed by atoms with Crippen LogP contribution in [0.1, 0.15) is 18.1 Å². The lowest BCUT2D eigenvalue weighted by molar-refractivity contribution is -0.128. The van der Waals surface area contributed by atoms with Gasteiger partial charge in [-0.3, -0.25) is 9.59 Å². The zero-order valence-electron chi connectivity index (χ0n) is 17.4. The van der Waals surface area contributed by atoms with Crippen molar-refractivity contribution >= 4 is 52.5 Å². The first-order chi connectivity index (χ1) is 15.5. The molecule has 32 heavy (non-hydrogen) atoms. The Morgan fingerprint density at radius 1 is 0.969 bits per heavy atom. The fourth-order valence-corrected chi connectivity index (χ4v) is 5.32. The number of halogens is 2. The van der Waals surface area contributed by atoms with Gasteiger partial charge in [0, 0.05) is 21.5 Å². The van der Waals surface area contributed by atoms with Crippen molar-refractivity contribution in [1.29, 1.82) is 0 Å². The number of para-hydroxylation sites is 1. The Bertz CT molecular complexity index is 1150. The van der Waals surface area contributed by atoms with E-state index in [1.54, 1.807) is 17.9 Å². The average Bonchev–Trinajstić information content (AvgIpc) is 2.80. The highest BCUT2D eigenvalue weighted by atomic mass is 35.5. The molecule has 1 heterocycles. The van der Waals surface area contributed by atoms with Gasteiger partial charge in [0.2, 0.25) is 11.8 Å². The second-order valence-corrected chi connectivity index (χ2v) is 9.62. The molecule has 164 valence electrons. The summed E-state index contributed by atoms with van der Waals surface area (Å²) in [5, 5.41) is 3.59. The van der Waals surface area contributed by atoms with Crippen LogP contribution in [0.3, 0.4) is 0 Å². The summed E-state index contributed by atoms with van der Waals surface area (Å²) in [5.74, 6) is -0.820. The van der Waals surface area contributed by atoms with Crippen LogP contribution in [0, 0.1) is 5.92 Å². The standard InChI is InChI=1S/C25H22Cl2N2O2S/c1-16(24(30)28-14-17-8-2-4-10-19(17)26)23-25(31)29(15-18-9-3-5-11-20(18)27)21-12-6-7-13-22(21)32-23/h2-13,16,23H,14-15H2,1H3,(H,28,30)/t16-,23+/m0/s1. The Morgan fingerprint density at radius 3 is 2.25 bits per heavy atom. The van der Waals surface area contributed by atoms with Crippen molar-refractivity contribution in [3.8, 4) is 0 Å². The van der Waals surface area contributed by atoms with Gasteiger partial charge in [0.05, 0.1) is 18.2 Å². The molecule has 0 unspecified atom stereocenters. The summed E-state index contributed by atoms with van der Waals surface area (Å²) in [4.78, 5) is 29.2. The minimum absolute atomic E-state index is 0.103. The molecule has 0 spiro atoms. The molecule has 0 fully saturated rings. The molecule has 7 heteroatoms. The molecule has 4 nitrogen and oxygen atoms in total. The summed E-state index contributed by atoms with van der Waals surface area (Å²) in [5.41, 5.74) is 2.53. The molecule has 0 radical (unpaired) electrons. The Labute approximate surface area is 201 Å². The molecule has 2 amide bonds. The molecular formula is C25H22Cl2N2O2S. The molecule has 4 rings (SSSR count). The van der Waals surface area contributed by atoms with Gasteiger partial charge in [-0.2, -0.15) is 0 Å². The van der Waals surface area contributed by atoms with Crippen LogP contribution in [0.2, 0.25) is 10.0 Å². The largest absolute Gasteiger partial charge is 0.352 e. The van der Waals surface area contributed by atoms with Crippen molar-refractivity contribution in [3.63, 3.8) is 0 Å². The first kappa shape index (κ1) is 22.7. The molecular weight excluding hydrogens is 463 g/mol. The van der Waals surface area contributed by atoms with Crippen LogP contribution in [-0.2, 0) is 22.7 Å². The average molecular weight is 485 g/mol. The molecule has 1 aliphatic heterocycles. The third-order valence-electron chi connectivity index (χ3n) is 5.48. The SMILES string of the molecule is C[C@H](C(=O)NCc1ccccc1Cl)[C@H]1Sc2ccccc2N(Cc2ccccc2Cl)C1=O. The van der Waals surface area contributed by atoms with E-state index in [2.05, 4.69) is 5.32 Å². The summed E-state index contributed by atoms with van der Waals surface area (Å²) in [7, 11) is 0. The summed E-state index contributed by atoms with van der Waals surface area (Å²) < 4.78 is 0. The first-order valence-electron chi connectivity index (χ1n) is 10.3. The summed E-state index contributed by atoms with van der Waals surface area (Å²) in [6, 6.07) is 22.6. The predicted molar refractivity (Wildman–Crippen MR) is 131 cm³/mol. The number of carbonyl (C=O) groups excluding carboxylic acids is 2. The second kappa shape index (κ2) is 9.99. The second-order valence-electron chi connectivity index (χ2n) is 7.62. The van der Waals surface area contributed by atoms with Crippen LogP contribution in [0.25, 0.3) is 0 Å². The van der Waals surface area contributed by atoms with E-state index >= 15 is 0 Å². The smallest absolute Gasteiger partial charge is 0.241 e. The molecule has 3 aromatic carbocycles. The number of thioether (sulfide) groups is 1. The van der Waals surface area contributed by atoms with Crippen molar-refractivity contribution in [2.45, 2.75) is 30.2 Å². The number of fused-ring (bicyclic) bond motifs is 1. The Hall–Kier alpha value is -2.47. The van der Waals surface area contributed by atoms with Gasteiger partial charge < -0.3 is 10.2 Å². The highest BCUT2D eigenvalue weighted by Crippen LogP contribution is 2.42. The minimum Gasteiger partial charge on any atom is -0.352 e. The highest BCUT2D eigenvalue weighted by molar-refractivity contribution is 8.01. The van der Waals surface area contributed by atoms with Gasteiger partial charge in [-0.25, -0.2) is 0 Å². The zero-order valence-corrected chi connectivity index (χ0v) is 19.8. The minimum atomic E-state index is -0.543. The van der Waals surface area contributed by atoms with Gasteiger partial charge in [-0.05, 0) is 35.4 Å². The quantitative estimate of drug-likeness (QED) is 0.469. The van der Waals surface area contributed by atoms with Crippen LogP contribution < -0.4 is 10.2 Å². The molecule has 1 N–H and O–H groups in total. The van der Waals surface area contributed by atoms with Crippen molar-refractivity contribution < 1.29 is 9.59 Å². The normalized spacial score (nSPS) is 16.4. The van der Waals surface area contributed by atoms with Crippen LogP contribution in [0.15, 0.2) is 77.7 Å². The number of amides is 2. The number of hydrogen-bond acceptors (Lipinski definition) is 3. The third-order valence-corrected chi connectivity index (χ3v) is 7.68. The van der Waals surface area contributed by atoms with Gasteiger partial charge in [-0.1, -0.05) is 78.7 Å². The number of benzene rings is 3. The summed E-state index contributed by atoms with van der Waals surface area (Å²) >= 11 is 14.0. The van der Waals surface area contributed by atoms with Gasteiger partial charge in [-0.15, -0.1) is 11.8 Å².